The molecule has 4 rings (SSSR count). The van der Waals surface area contributed by atoms with E-state index in [1.54, 1.807) is 12.3 Å². The van der Waals surface area contributed by atoms with E-state index >= 15 is 0 Å². The van der Waals surface area contributed by atoms with Crippen LogP contribution in [0.2, 0.25) is 5.02 Å². The minimum atomic E-state index is -3.49. The molecular formula is C23H27ClN4O3S. The molecular weight excluding hydrogens is 448 g/mol. The van der Waals surface area contributed by atoms with Gasteiger partial charge in [0.25, 0.3) is 0 Å². The summed E-state index contributed by atoms with van der Waals surface area (Å²) < 4.78 is 26.8. The summed E-state index contributed by atoms with van der Waals surface area (Å²) in [7, 11) is -3.49. The summed E-state index contributed by atoms with van der Waals surface area (Å²) in [5.41, 5.74) is 0.842. The van der Waals surface area contributed by atoms with Gasteiger partial charge in [0.05, 0.1) is 5.02 Å². The van der Waals surface area contributed by atoms with Crippen LogP contribution < -0.4 is 4.90 Å². The van der Waals surface area contributed by atoms with Crippen molar-refractivity contribution in [3.05, 3.63) is 64.7 Å². The molecule has 3 heterocycles. The average Bonchev–Trinajstić information content (AvgIpc) is 2.84. The molecule has 170 valence electrons. The Morgan fingerprint density at radius 2 is 1.66 bits per heavy atom. The predicted octanol–water partition coefficient (Wildman–Crippen LogP) is 3.10. The number of nitrogens with zero attached hydrogens (tertiary/aromatic N) is 4. The number of amides is 1. The Hall–Kier alpha value is -2.42. The van der Waals surface area contributed by atoms with Crippen molar-refractivity contribution < 1.29 is 13.2 Å². The lowest BCUT2D eigenvalue weighted by Crippen LogP contribution is -2.52. The number of piperazine rings is 1. The molecule has 9 heteroatoms. The van der Waals surface area contributed by atoms with E-state index in [0.717, 1.165) is 24.5 Å². The first-order valence-corrected chi connectivity index (χ1v) is 12.7. The first-order valence-electron chi connectivity index (χ1n) is 10.8. The molecule has 0 N–H and O–H groups in total. The second-order valence-electron chi connectivity index (χ2n) is 8.08. The van der Waals surface area contributed by atoms with Crippen molar-refractivity contribution in [3.63, 3.8) is 0 Å². The molecule has 0 atom stereocenters. The van der Waals surface area contributed by atoms with Gasteiger partial charge in [-0.3, -0.25) is 4.79 Å². The first kappa shape index (κ1) is 22.8. The molecule has 0 unspecified atom stereocenters. The Labute approximate surface area is 194 Å². The van der Waals surface area contributed by atoms with E-state index < -0.39 is 10.0 Å². The maximum absolute atomic E-state index is 13.0. The largest absolute Gasteiger partial charge is 0.353 e. The molecule has 2 fully saturated rings. The summed E-state index contributed by atoms with van der Waals surface area (Å²) in [5, 5.41) is 1.86. The van der Waals surface area contributed by atoms with Gasteiger partial charge in [0.15, 0.2) is 0 Å². The van der Waals surface area contributed by atoms with Crippen LogP contribution in [0.3, 0.4) is 0 Å². The summed E-state index contributed by atoms with van der Waals surface area (Å²) in [6.45, 7) is 3.46. The zero-order valence-corrected chi connectivity index (χ0v) is 19.4. The van der Waals surface area contributed by atoms with Gasteiger partial charge in [-0.25, -0.2) is 13.4 Å². The van der Waals surface area contributed by atoms with Crippen LogP contribution in [0, 0.1) is 5.92 Å². The predicted molar refractivity (Wildman–Crippen MR) is 127 cm³/mol. The van der Waals surface area contributed by atoms with Crippen molar-refractivity contribution in [1.82, 2.24) is 14.2 Å². The van der Waals surface area contributed by atoms with E-state index in [2.05, 4.69) is 9.88 Å². The van der Waals surface area contributed by atoms with Crippen molar-refractivity contribution >= 4 is 39.4 Å². The van der Waals surface area contributed by atoms with Crippen LogP contribution in [0.4, 0.5) is 5.82 Å². The molecule has 2 aromatic rings. The standard InChI is InChI=1S/C23H27ClN4O3S/c24-21-6-7-22(25-18-21)26-13-15-27(16-14-26)23(29)20-8-11-28(12-9-20)32(30,31)17-10-19-4-2-1-3-5-19/h1-7,10,17-18,20H,8-9,11-16H2/b17-10+. The number of sulfonamides is 1. The number of piperidine rings is 1. The molecule has 0 bridgehead atoms. The summed E-state index contributed by atoms with van der Waals surface area (Å²) in [5.74, 6) is 0.869. The zero-order chi connectivity index (χ0) is 22.6. The summed E-state index contributed by atoms with van der Waals surface area (Å²) in [6, 6.07) is 13.1. The molecule has 32 heavy (non-hydrogen) atoms. The van der Waals surface area contributed by atoms with Gasteiger partial charge in [0.2, 0.25) is 15.9 Å². The Bertz CT molecular complexity index is 1040. The second-order valence-corrected chi connectivity index (χ2v) is 10.3. The molecule has 1 aromatic carbocycles. The van der Waals surface area contributed by atoms with E-state index in [-0.39, 0.29) is 11.8 Å². The molecule has 0 aliphatic carbocycles. The number of benzene rings is 1. The summed E-state index contributed by atoms with van der Waals surface area (Å²) >= 11 is 5.91. The highest BCUT2D eigenvalue weighted by Crippen LogP contribution is 2.24. The van der Waals surface area contributed by atoms with Crippen molar-refractivity contribution in [2.75, 3.05) is 44.2 Å². The van der Waals surface area contributed by atoms with Crippen LogP contribution in [0.25, 0.3) is 6.08 Å². The van der Waals surface area contributed by atoms with Gasteiger partial charge in [-0.05, 0) is 36.6 Å². The highest BCUT2D eigenvalue weighted by molar-refractivity contribution is 7.92. The first-order chi connectivity index (χ1) is 15.4. The zero-order valence-electron chi connectivity index (χ0n) is 17.8. The number of hydrogen-bond acceptors (Lipinski definition) is 5. The third kappa shape index (κ3) is 5.49. The Kier molecular flexibility index (Phi) is 7.13. The maximum atomic E-state index is 13.0. The van der Waals surface area contributed by atoms with Gasteiger partial charge in [-0.1, -0.05) is 41.9 Å². The Morgan fingerprint density at radius 3 is 2.28 bits per heavy atom. The maximum Gasteiger partial charge on any atom is 0.236 e. The molecule has 0 saturated carbocycles. The minimum Gasteiger partial charge on any atom is -0.353 e. The normalized spacial score (nSPS) is 18.9. The molecule has 1 amide bonds. The second kappa shape index (κ2) is 10.0. The number of halogens is 1. The Balaban J connectivity index is 1.27. The smallest absolute Gasteiger partial charge is 0.236 e. The third-order valence-electron chi connectivity index (χ3n) is 6.02. The quantitative estimate of drug-likeness (QED) is 0.665. The van der Waals surface area contributed by atoms with Crippen molar-refractivity contribution in [3.8, 4) is 0 Å². The highest BCUT2D eigenvalue weighted by Gasteiger charge is 2.33. The number of anilines is 1. The number of aromatic nitrogens is 1. The van der Waals surface area contributed by atoms with Crippen LogP contribution in [0.15, 0.2) is 54.1 Å². The molecule has 2 saturated heterocycles. The average molecular weight is 475 g/mol. The molecule has 0 spiro atoms. The number of hydrogen-bond donors (Lipinski definition) is 0. The van der Waals surface area contributed by atoms with Crippen molar-refractivity contribution in [1.29, 1.82) is 0 Å². The Morgan fingerprint density at radius 1 is 0.969 bits per heavy atom. The van der Waals surface area contributed by atoms with Crippen molar-refractivity contribution in [2.45, 2.75) is 12.8 Å². The lowest BCUT2D eigenvalue weighted by molar-refractivity contribution is -0.137. The molecule has 2 aliphatic heterocycles. The molecule has 2 aliphatic rings. The van der Waals surface area contributed by atoms with Gasteiger partial charge >= 0.3 is 0 Å². The number of carbonyl (C=O) groups excluding carboxylic acids is 1. The summed E-state index contributed by atoms with van der Waals surface area (Å²) in [6.07, 6.45) is 4.35. The third-order valence-corrected chi connectivity index (χ3v) is 7.81. The number of carbonyl (C=O) groups is 1. The monoisotopic (exact) mass is 474 g/mol. The molecule has 0 radical (unpaired) electrons. The van der Waals surface area contributed by atoms with Gasteiger partial charge in [0.1, 0.15) is 5.82 Å². The van der Waals surface area contributed by atoms with E-state index in [9.17, 15) is 13.2 Å². The van der Waals surface area contributed by atoms with Crippen LogP contribution in [0.5, 0.6) is 0 Å². The van der Waals surface area contributed by atoms with Gasteiger partial charge < -0.3 is 9.80 Å². The lowest BCUT2D eigenvalue weighted by atomic mass is 9.96. The van der Waals surface area contributed by atoms with Crippen molar-refractivity contribution in [2.24, 2.45) is 5.92 Å². The van der Waals surface area contributed by atoms with Crippen LogP contribution in [-0.4, -0.2) is 67.8 Å². The van der Waals surface area contributed by atoms with Gasteiger partial charge in [-0.2, -0.15) is 4.31 Å². The van der Waals surface area contributed by atoms with E-state index in [1.807, 2.05) is 47.4 Å². The van der Waals surface area contributed by atoms with E-state index in [1.165, 1.54) is 9.71 Å². The number of rotatable bonds is 5. The summed E-state index contributed by atoms with van der Waals surface area (Å²) in [4.78, 5) is 21.4. The van der Waals surface area contributed by atoms with Crippen LogP contribution in [-0.2, 0) is 14.8 Å². The lowest BCUT2D eigenvalue weighted by Gasteiger charge is -2.38. The van der Waals surface area contributed by atoms with Crippen LogP contribution in [0.1, 0.15) is 18.4 Å². The highest BCUT2D eigenvalue weighted by atomic mass is 35.5. The molecule has 7 nitrogen and oxygen atoms in total. The fourth-order valence-corrected chi connectivity index (χ4v) is 5.47. The topological polar surface area (TPSA) is 73.8 Å². The molecule has 1 aromatic heterocycles. The minimum absolute atomic E-state index is 0.125. The fraction of sp³-hybridized carbons (Fsp3) is 0.391. The van der Waals surface area contributed by atoms with E-state index in [0.29, 0.717) is 44.0 Å². The number of pyridine rings is 1. The SMILES string of the molecule is O=C(C1CCN(S(=O)(=O)/C=C/c2ccccc2)CC1)N1CCN(c2ccc(Cl)cn2)CC1. The van der Waals surface area contributed by atoms with E-state index in [4.69, 9.17) is 11.6 Å². The van der Waals surface area contributed by atoms with Gasteiger partial charge in [-0.15, -0.1) is 0 Å². The van der Waals surface area contributed by atoms with Gasteiger partial charge in [0, 0.05) is 56.8 Å². The fourth-order valence-electron chi connectivity index (χ4n) is 4.14. The van der Waals surface area contributed by atoms with Crippen LogP contribution >= 0.6 is 11.6 Å².